The molecule has 6 nitrogen and oxygen atoms in total. The summed E-state index contributed by atoms with van der Waals surface area (Å²) in [5.74, 6) is -0.0729. The Labute approximate surface area is 166 Å². The maximum absolute atomic E-state index is 13.3. The lowest BCUT2D eigenvalue weighted by Gasteiger charge is -2.33. The van der Waals surface area contributed by atoms with Crippen molar-refractivity contribution in [2.75, 3.05) is 6.54 Å². The number of aryl methyl sites for hydroxylation is 1. The Balaban J connectivity index is 1.84. The van der Waals surface area contributed by atoms with E-state index in [1.165, 1.54) is 20.5 Å². The van der Waals surface area contributed by atoms with Crippen LogP contribution in [-0.4, -0.2) is 32.5 Å². The molecule has 1 atom stereocenters. The number of amides is 1. The number of fused-ring (bicyclic) bond motifs is 1. The highest BCUT2D eigenvalue weighted by Gasteiger charge is 2.25. The summed E-state index contributed by atoms with van der Waals surface area (Å²) in [5, 5.41) is 1.79. The zero-order valence-corrected chi connectivity index (χ0v) is 16.9. The van der Waals surface area contributed by atoms with Gasteiger partial charge in [-0.2, -0.15) is 0 Å². The molecule has 1 aromatic carbocycles. The molecule has 0 radical (unpaired) electrons. The van der Waals surface area contributed by atoms with Gasteiger partial charge in [0.1, 0.15) is 11.2 Å². The molecule has 1 aliphatic rings. The minimum atomic E-state index is -0.473. The first-order valence-electron chi connectivity index (χ1n) is 9.57. The molecular weight excluding hydrogens is 374 g/mol. The first kappa shape index (κ1) is 18.7. The summed E-state index contributed by atoms with van der Waals surface area (Å²) in [7, 11) is 0. The standard InChI is InChI=1S/C21H23N3O3S/c1-14-6-5-8-16(12-14)24-20(26)19-17(9-11-28-19)23(21(24)27)13-18(25)22-10-4-3-7-15(22)2/h5-6,8-9,11-12,15H,3-4,7,10,13H2,1-2H3. The van der Waals surface area contributed by atoms with Crippen molar-refractivity contribution in [2.45, 2.75) is 45.7 Å². The van der Waals surface area contributed by atoms with Crippen molar-refractivity contribution >= 4 is 27.5 Å². The quantitative estimate of drug-likeness (QED) is 0.683. The second-order valence-corrected chi connectivity index (χ2v) is 8.33. The number of thiophene rings is 1. The highest BCUT2D eigenvalue weighted by atomic mass is 32.1. The Bertz CT molecular complexity index is 1160. The summed E-state index contributed by atoms with van der Waals surface area (Å²) < 4.78 is 3.11. The fourth-order valence-electron chi connectivity index (χ4n) is 3.93. The van der Waals surface area contributed by atoms with Gasteiger partial charge in [-0.15, -0.1) is 11.3 Å². The molecule has 7 heteroatoms. The maximum atomic E-state index is 13.3. The molecule has 1 unspecified atom stereocenters. The molecule has 4 rings (SSSR count). The van der Waals surface area contributed by atoms with E-state index in [2.05, 4.69) is 0 Å². The molecule has 1 saturated heterocycles. The summed E-state index contributed by atoms with van der Waals surface area (Å²) in [5.41, 5.74) is 1.20. The van der Waals surface area contributed by atoms with E-state index >= 15 is 0 Å². The summed E-state index contributed by atoms with van der Waals surface area (Å²) in [6, 6.07) is 9.21. The lowest BCUT2D eigenvalue weighted by atomic mass is 10.0. The van der Waals surface area contributed by atoms with Crippen LogP contribution in [-0.2, 0) is 11.3 Å². The first-order chi connectivity index (χ1) is 13.5. The van der Waals surface area contributed by atoms with E-state index in [-0.39, 0.29) is 24.1 Å². The van der Waals surface area contributed by atoms with Crippen LogP contribution in [0.1, 0.15) is 31.7 Å². The van der Waals surface area contributed by atoms with E-state index < -0.39 is 5.69 Å². The zero-order chi connectivity index (χ0) is 19.8. The fraction of sp³-hybridized carbons (Fsp3) is 0.381. The van der Waals surface area contributed by atoms with Crippen LogP contribution < -0.4 is 11.2 Å². The smallest absolute Gasteiger partial charge is 0.336 e. The van der Waals surface area contributed by atoms with Gasteiger partial charge in [0.25, 0.3) is 5.56 Å². The van der Waals surface area contributed by atoms with Crippen LogP contribution in [0.4, 0.5) is 0 Å². The lowest BCUT2D eigenvalue weighted by molar-refractivity contribution is -0.135. The third-order valence-corrected chi connectivity index (χ3v) is 6.32. The molecule has 0 N–H and O–H groups in total. The van der Waals surface area contributed by atoms with Crippen molar-refractivity contribution in [2.24, 2.45) is 0 Å². The van der Waals surface area contributed by atoms with Gasteiger partial charge in [0.15, 0.2) is 0 Å². The third-order valence-electron chi connectivity index (χ3n) is 5.43. The van der Waals surface area contributed by atoms with Gasteiger partial charge in [-0.25, -0.2) is 9.36 Å². The van der Waals surface area contributed by atoms with Crippen LogP contribution in [0.15, 0.2) is 45.3 Å². The van der Waals surface area contributed by atoms with Gasteiger partial charge >= 0.3 is 5.69 Å². The highest BCUT2D eigenvalue weighted by Crippen LogP contribution is 2.19. The van der Waals surface area contributed by atoms with Crippen molar-refractivity contribution in [3.63, 3.8) is 0 Å². The topological polar surface area (TPSA) is 64.3 Å². The summed E-state index contributed by atoms with van der Waals surface area (Å²) >= 11 is 1.30. The van der Waals surface area contributed by atoms with E-state index in [4.69, 9.17) is 0 Å². The number of piperidine rings is 1. The monoisotopic (exact) mass is 397 g/mol. The molecule has 1 aliphatic heterocycles. The van der Waals surface area contributed by atoms with Gasteiger partial charge in [-0.05, 0) is 62.3 Å². The number of aromatic nitrogens is 2. The van der Waals surface area contributed by atoms with Crippen LogP contribution in [0.25, 0.3) is 15.9 Å². The fourth-order valence-corrected chi connectivity index (χ4v) is 4.75. The molecule has 3 aromatic rings. The number of likely N-dealkylation sites (tertiary alicyclic amines) is 1. The molecular formula is C21H23N3O3S. The number of carbonyl (C=O) groups excluding carboxylic acids is 1. The molecule has 146 valence electrons. The zero-order valence-electron chi connectivity index (χ0n) is 16.1. The van der Waals surface area contributed by atoms with Crippen molar-refractivity contribution in [3.8, 4) is 5.69 Å². The van der Waals surface area contributed by atoms with Gasteiger partial charge in [0.2, 0.25) is 5.91 Å². The Morgan fingerprint density at radius 1 is 1.21 bits per heavy atom. The van der Waals surface area contributed by atoms with Crippen LogP contribution in [0.2, 0.25) is 0 Å². The number of hydrogen-bond acceptors (Lipinski definition) is 4. The Kier molecular flexibility index (Phi) is 4.93. The summed E-state index contributed by atoms with van der Waals surface area (Å²) in [4.78, 5) is 41.1. The van der Waals surface area contributed by atoms with Crippen molar-refractivity contribution in [1.82, 2.24) is 14.0 Å². The van der Waals surface area contributed by atoms with Gasteiger partial charge in [0, 0.05) is 12.6 Å². The SMILES string of the molecule is Cc1cccc(-n2c(=O)c3sccc3n(CC(=O)N3CCCCC3C)c2=O)c1. The lowest BCUT2D eigenvalue weighted by Crippen LogP contribution is -2.46. The van der Waals surface area contributed by atoms with E-state index in [1.54, 1.807) is 23.6 Å². The number of carbonyl (C=O) groups is 1. The molecule has 0 aliphatic carbocycles. The van der Waals surface area contributed by atoms with Gasteiger partial charge in [-0.1, -0.05) is 12.1 Å². The van der Waals surface area contributed by atoms with E-state index in [9.17, 15) is 14.4 Å². The largest absolute Gasteiger partial charge is 0.338 e. The van der Waals surface area contributed by atoms with Crippen molar-refractivity contribution in [1.29, 1.82) is 0 Å². The highest BCUT2D eigenvalue weighted by molar-refractivity contribution is 7.17. The van der Waals surface area contributed by atoms with Crippen molar-refractivity contribution in [3.05, 3.63) is 62.1 Å². The molecule has 1 amide bonds. The van der Waals surface area contributed by atoms with Crippen LogP contribution in [0, 0.1) is 6.92 Å². The van der Waals surface area contributed by atoms with Crippen LogP contribution in [0.3, 0.4) is 0 Å². The first-order valence-corrected chi connectivity index (χ1v) is 10.4. The predicted molar refractivity (Wildman–Crippen MR) is 111 cm³/mol. The minimum Gasteiger partial charge on any atom is -0.338 e. The van der Waals surface area contributed by atoms with E-state index in [0.29, 0.717) is 15.9 Å². The molecule has 1 fully saturated rings. The number of rotatable bonds is 3. The Morgan fingerprint density at radius 3 is 2.79 bits per heavy atom. The molecule has 0 saturated carbocycles. The molecule has 0 bridgehead atoms. The van der Waals surface area contributed by atoms with Crippen molar-refractivity contribution < 1.29 is 4.79 Å². The van der Waals surface area contributed by atoms with E-state index in [1.807, 2.05) is 30.9 Å². The van der Waals surface area contributed by atoms with Crippen LogP contribution >= 0.6 is 11.3 Å². The van der Waals surface area contributed by atoms with Crippen LogP contribution in [0.5, 0.6) is 0 Å². The summed E-state index contributed by atoms with van der Waals surface area (Å²) in [6.07, 6.45) is 3.09. The molecule has 0 spiro atoms. The summed E-state index contributed by atoms with van der Waals surface area (Å²) in [6.45, 7) is 4.63. The second-order valence-electron chi connectivity index (χ2n) is 7.42. The molecule has 3 heterocycles. The van der Waals surface area contributed by atoms with Gasteiger partial charge < -0.3 is 4.90 Å². The average molecular weight is 398 g/mol. The number of hydrogen-bond donors (Lipinski definition) is 0. The third kappa shape index (κ3) is 3.20. The maximum Gasteiger partial charge on any atom is 0.336 e. The van der Waals surface area contributed by atoms with Gasteiger partial charge in [-0.3, -0.25) is 14.2 Å². The Morgan fingerprint density at radius 2 is 2.04 bits per heavy atom. The number of nitrogens with zero attached hydrogens (tertiary/aromatic N) is 3. The number of benzene rings is 1. The van der Waals surface area contributed by atoms with E-state index in [0.717, 1.165) is 31.4 Å². The normalized spacial score (nSPS) is 17.2. The molecule has 28 heavy (non-hydrogen) atoms. The average Bonchev–Trinajstić information content (AvgIpc) is 3.15. The molecule has 2 aromatic heterocycles. The van der Waals surface area contributed by atoms with Gasteiger partial charge in [0.05, 0.1) is 11.2 Å². The second kappa shape index (κ2) is 7.39. The predicted octanol–water partition coefficient (Wildman–Crippen LogP) is 2.92. The Hall–Kier alpha value is -2.67. The minimum absolute atomic E-state index is 0.0531.